The molecule has 4 atom stereocenters. The van der Waals surface area contributed by atoms with Gasteiger partial charge in [0.25, 0.3) is 0 Å². The highest BCUT2D eigenvalue weighted by atomic mass is 19.4. The van der Waals surface area contributed by atoms with E-state index in [1.54, 1.807) is 6.07 Å². The average molecular weight is 386 g/mol. The van der Waals surface area contributed by atoms with Crippen molar-refractivity contribution in [3.05, 3.63) is 29.6 Å². The van der Waals surface area contributed by atoms with Crippen molar-refractivity contribution >= 4 is 0 Å². The highest BCUT2D eigenvalue weighted by Crippen LogP contribution is 2.46. The summed E-state index contributed by atoms with van der Waals surface area (Å²) in [5, 5.41) is 0. The zero-order chi connectivity index (χ0) is 19.4. The molecule has 0 N–H and O–H groups in total. The Labute approximate surface area is 159 Å². The first-order valence-electron chi connectivity index (χ1n) is 10.4. The van der Waals surface area contributed by atoms with Crippen LogP contribution in [0.5, 0.6) is 5.75 Å². The summed E-state index contributed by atoms with van der Waals surface area (Å²) in [6.45, 7) is 2.27. The van der Waals surface area contributed by atoms with Crippen LogP contribution in [-0.4, -0.2) is 6.36 Å². The van der Waals surface area contributed by atoms with Crippen LogP contribution in [0.2, 0.25) is 0 Å². The number of aryl methyl sites for hydroxylation is 1. The zero-order valence-electron chi connectivity index (χ0n) is 16.0. The lowest BCUT2D eigenvalue weighted by Gasteiger charge is -2.42. The highest BCUT2D eigenvalue weighted by molar-refractivity contribution is 5.29. The predicted octanol–water partition coefficient (Wildman–Crippen LogP) is 7.29. The smallest absolute Gasteiger partial charge is 0.403 e. The lowest BCUT2D eigenvalue weighted by Crippen LogP contribution is -2.31. The molecule has 0 saturated heterocycles. The van der Waals surface area contributed by atoms with Crippen molar-refractivity contribution in [2.24, 2.45) is 23.7 Å². The van der Waals surface area contributed by atoms with Crippen LogP contribution in [0.25, 0.3) is 0 Å². The first-order chi connectivity index (χ1) is 12.8. The number of benzene rings is 1. The van der Waals surface area contributed by atoms with Crippen molar-refractivity contribution in [1.82, 2.24) is 0 Å². The lowest BCUT2D eigenvalue weighted by molar-refractivity contribution is -0.275. The first kappa shape index (κ1) is 20.5. The van der Waals surface area contributed by atoms with Gasteiger partial charge in [0.1, 0.15) is 0 Å². The normalized spacial score (nSPS) is 28.6. The second-order valence-electron chi connectivity index (χ2n) is 8.52. The summed E-state index contributed by atoms with van der Waals surface area (Å²) in [5.41, 5.74) is 0.746. The van der Waals surface area contributed by atoms with Crippen LogP contribution >= 0.6 is 0 Å². The van der Waals surface area contributed by atoms with Crippen molar-refractivity contribution < 1.29 is 22.3 Å². The molecule has 2 aliphatic carbocycles. The molecule has 1 aromatic carbocycles. The van der Waals surface area contributed by atoms with Gasteiger partial charge in [-0.3, -0.25) is 0 Å². The molecule has 0 spiro atoms. The van der Waals surface area contributed by atoms with Gasteiger partial charge in [-0.05, 0) is 79.9 Å². The molecule has 2 aliphatic rings. The van der Waals surface area contributed by atoms with Crippen LogP contribution in [0, 0.1) is 29.5 Å². The van der Waals surface area contributed by atoms with Gasteiger partial charge in [-0.25, -0.2) is 4.39 Å². The Morgan fingerprint density at radius 3 is 2.15 bits per heavy atom. The van der Waals surface area contributed by atoms with Gasteiger partial charge >= 0.3 is 6.36 Å². The van der Waals surface area contributed by atoms with Crippen molar-refractivity contribution in [2.75, 3.05) is 0 Å². The molecule has 0 radical (unpaired) electrons. The van der Waals surface area contributed by atoms with E-state index in [1.807, 2.05) is 0 Å². The van der Waals surface area contributed by atoms with E-state index in [0.29, 0.717) is 12.3 Å². The quantitative estimate of drug-likeness (QED) is 0.466. The van der Waals surface area contributed by atoms with Crippen molar-refractivity contribution in [1.29, 1.82) is 0 Å². The van der Waals surface area contributed by atoms with Gasteiger partial charge in [0.2, 0.25) is 0 Å². The Morgan fingerprint density at radius 1 is 0.963 bits per heavy atom. The van der Waals surface area contributed by atoms with E-state index in [1.165, 1.54) is 57.4 Å². The third-order valence-corrected chi connectivity index (χ3v) is 6.59. The molecule has 2 fully saturated rings. The number of hydrogen-bond donors (Lipinski definition) is 0. The van der Waals surface area contributed by atoms with Gasteiger partial charge in [0.15, 0.2) is 11.6 Å². The van der Waals surface area contributed by atoms with E-state index in [9.17, 15) is 17.6 Å². The first-order valence-corrected chi connectivity index (χ1v) is 10.4. The molecule has 1 unspecified atom stereocenters. The maximum absolute atomic E-state index is 13.8. The summed E-state index contributed by atoms with van der Waals surface area (Å²) in [6.07, 6.45) is 7.41. The second kappa shape index (κ2) is 8.83. The second-order valence-corrected chi connectivity index (χ2v) is 8.52. The van der Waals surface area contributed by atoms with Crippen LogP contribution in [0.1, 0.15) is 70.3 Å². The number of fused-ring (bicyclic) bond motifs is 1. The Bertz CT molecular complexity index is 613. The molecule has 1 aromatic rings. The fourth-order valence-electron chi connectivity index (χ4n) is 5.29. The maximum atomic E-state index is 13.8. The molecular formula is C22H30F4O. The molecule has 5 heteroatoms. The van der Waals surface area contributed by atoms with Gasteiger partial charge in [-0.2, -0.15) is 0 Å². The minimum Gasteiger partial charge on any atom is -0.403 e. The Hall–Kier alpha value is -1.26. The zero-order valence-corrected chi connectivity index (χ0v) is 16.0. The van der Waals surface area contributed by atoms with Gasteiger partial charge in [0, 0.05) is 0 Å². The molecule has 3 rings (SSSR count). The van der Waals surface area contributed by atoms with E-state index in [-0.39, 0.29) is 0 Å². The van der Waals surface area contributed by atoms with Crippen LogP contribution in [-0.2, 0) is 6.42 Å². The summed E-state index contributed by atoms with van der Waals surface area (Å²) in [7, 11) is 0. The Kier molecular flexibility index (Phi) is 6.69. The number of rotatable bonds is 6. The molecule has 27 heavy (non-hydrogen) atoms. The van der Waals surface area contributed by atoms with E-state index >= 15 is 0 Å². The maximum Gasteiger partial charge on any atom is 0.573 e. The largest absolute Gasteiger partial charge is 0.573 e. The van der Waals surface area contributed by atoms with Crippen LogP contribution in [0.15, 0.2) is 18.2 Å². The monoisotopic (exact) mass is 386 g/mol. The minimum atomic E-state index is -4.86. The van der Waals surface area contributed by atoms with Crippen molar-refractivity contribution in [2.45, 2.75) is 77.5 Å². The van der Waals surface area contributed by atoms with E-state index < -0.39 is 17.9 Å². The molecule has 0 bridgehead atoms. The Morgan fingerprint density at radius 2 is 1.59 bits per heavy atom. The molecule has 0 aliphatic heterocycles. The molecule has 152 valence electrons. The average Bonchev–Trinajstić information content (AvgIpc) is 2.61. The molecule has 0 amide bonds. The summed E-state index contributed by atoms with van der Waals surface area (Å²) in [6, 6.07) is 3.82. The minimum absolute atomic E-state index is 0.656. The van der Waals surface area contributed by atoms with Gasteiger partial charge in [-0.15, -0.1) is 13.2 Å². The number of alkyl halides is 3. The van der Waals surface area contributed by atoms with Crippen molar-refractivity contribution in [3.63, 3.8) is 0 Å². The van der Waals surface area contributed by atoms with Gasteiger partial charge in [-0.1, -0.05) is 38.7 Å². The molecule has 0 heterocycles. The molecule has 0 aromatic heterocycles. The topological polar surface area (TPSA) is 9.23 Å². The Balaban J connectivity index is 1.48. The van der Waals surface area contributed by atoms with Crippen LogP contribution < -0.4 is 4.74 Å². The lowest BCUT2D eigenvalue weighted by atomic mass is 9.63. The summed E-state index contributed by atoms with van der Waals surface area (Å²) in [4.78, 5) is 0. The molecule has 2 saturated carbocycles. The van der Waals surface area contributed by atoms with Gasteiger partial charge < -0.3 is 4.74 Å². The molecule has 1 nitrogen and oxygen atoms in total. The van der Waals surface area contributed by atoms with E-state index in [2.05, 4.69) is 11.7 Å². The third kappa shape index (κ3) is 5.86. The fraction of sp³-hybridized carbons (Fsp3) is 0.727. The van der Waals surface area contributed by atoms with E-state index in [4.69, 9.17) is 0 Å². The number of hydrogen-bond acceptors (Lipinski definition) is 1. The van der Waals surface area contributed by atoms with Gasteiger partial charge in [0.05, 0.1) is 0 Å². The van der Waals surface area contributed by atoms with E-state index in [0.717, 1.165) is 35.8 Å². The summed E-state index contributed by atoms with van der Waals surface area (Å²) in [5.74, 6) is 1.62. The fourth-order valence-corrected chi connectivity index (χ4v) is 5.29. The van der Waals surface area contributed by atoms with Crippen LogP contribution in [0.4, 0.5) is 17.6 Å². The van der Waals surface area contributed by atoms with Crippen LogP contribution in [0.3, 0.4) is 0 Å². The highest BCUT2D eigenvalue weighted by Gasteiger charge is 2.35. The standard InChI is InChI=1S/C22H30F4O/c1-2-3-15-6-9-19-13-16(7-10-18(19)12-15)4-5-17-8-11-21(20(23)14-17)27-22(24,25)26/h8,11,14-16,18-19H,2-7,9-10,12-13H2,1H3/t15?,16-,18-,19-/m1/s1. The molecular weight excluding hydrogens is 356 g/mol. The summed E-state index contributed by atoms with van der Waals surface area (Å²) < 4.78 is 54.2. The predicted molar refractivity (Wildman–Crippen MR) is 98.0 cm³/mol. The number of ether oxygens (including phenoxy) is 1. The SMILES string of the molecule is CCCC1CC[C@@H]2C[C@H](CCc3ccc(OC(F)(F)F)c(F)c3)CC[C@@H]2C1. The van der Waals surface area contributed by atoms with Crippen molar-refractivity contribution in [3.8, 4) is 5.75 Å². The summed E-state index contributed by atoms with van der Waals surface area (Å²) >= 11 is 0. The third-order valence-electron chi connectivity index (χ3n) is 6.59. The number of halogens is 4.